The first-order valence-electron chi connectivity index (χ1n) is 17.7. The second-order valence-corrected chi connectivity index (χ2v) is 15.1. The zero-order valence-corrected chi connectivity index (χ0v) is 31.5. The summed E-state index contributed by atoms with van der Waals surface area (Å²) in [5, 5.41) is 18.3. The van der Waals surface area contributed by atoms with Crippen molar-refractivity contribution in [3.8, 4) is 11.5 Å². The summed E-state index contributed by atoms with van der Waals surface area (Å²) >= 11 is 1.46. The number of hydrogen-bond acceptors (Lipinski definition) is 7. The largest absolute Gasteiger partial charge is 0.506 e. The molecule has 10 heteroatoms. The van der Waals surface area contributed by atoms with E-state index in [9.17, 15) is 19.5 Å². The third-order valence-electron chi connectivity index (χ3n) is 9.63. The molecule has 0 fully saturated rings. The van der Waals surface area contributed by atoms with Crippen molar-refractivity contribution in [1.29, 1.82) is 0 Å². The number of rotatable bonds is 19. The molecule has 0 spiro atoms. The van der Waals surface area contributed by atoms with E-state index in [1.54, 1.807) is 36.4 Å². The van der Waals surface area contributed by atoms with E-state index in [0.717, 1.165) is 41.7 Å². The molecule has 272 valence electrons. The Morgan fingerprint density at radius 1 is 0.863 bits per heavy atom. The molecule has 0 aliphatic carbocycles. The molecule has 4 aromatic rings. The van der Waals surface area contributed by atoms with Crippen LogP contribution >= 0.6 is 11.8 Å². The number of benzene rings is 4. The van der Waals surface area contributed by atoms with Gasteiger partial charge in [0, 0.05) is 40.3 Å². The van der Waals surface area contributed by atoms with Gasteiger partial charge in [-0.2, -0.15) is 0 Å². The van der Waals surface area contributed by atoms with Gasteiger partial charge in [0.05, 0.1) is 17.9 Å². The van der Waals surface area contributed by atoms with Crippen LogP contribution in [0.4, 0.5) is 11.4 Å². The minimum Gasteiger partial charge on any atom is -0.506 e. The number of fused-ring (bicyclic) bond motifs is 1. The molecule has 3 amide bonds. The molecule has 0 radical (unpaired) electrons. The zero-order chi connectivity index (χ0) is 37.0. The summed E-state index contributed by atoms with van der Waals surface area (Å²) in [5.41, 5.74) is 9.23. The number of carbonyl (C=O) groups is 3. The second kappa shape index (κ2) is 18.0. The molecule has 0 saturated heterocycles. The first-order chi connectivity index (χ1) is 24.4. The van der Waals surface area contributed by atoms with E-state index in [2.05, 4.69) is 81.2 Å². The molecule has 4 aromatic carbocycles. The Balaban J connectivity index is 1.32. The summed E-state index contributed by atoms with van der Waals surface area (Å²) in [6.45, 7) is 14.5. The van der Waals surface area contributed by atoms with Crippen LogP contribution in [0.15, 0.2) is 77.7 Å². The highest BCUT2D eigenvalue weighted by Crippen LogP contribution is 2.39. The number of hydrazine groups is 1. The fourth-order valence-electron chi connectivity index (χ4n) is 5.55. The Bertz CT molecular complexity index is 1810. The summed E-state index contributed by atoms with van der Waals surface area (Å²) in [6, 6.07) is 22.7. The number of aromatic hydroxyl groups is 1. The molecule has 0 bridgehead atoms. The molecule has 0 unspecified atom stereocenters. The van der Waals surface area contributed by atoms with Crippen molar-refractivity contribution in [2.75, 3.05) is 29.6 Å². The van der Waals surface area contributed by atoms with Gasteiger partial charge in [-0.3, -0.25) is 25.2 Å². The van der Waals surface area contributed by atoms with E-state index in [1.807, 2.05) is 18.2 Å². The number of amides is 3. The summed E-state index contributed by atoms with van der Waals surface area (Å²) in [7, 11) is 0. The normalized spacial score (nSPS) is 11.6. The Kier molecular flexibility index (Phi) is 13.8. The lowest BCUT2D eigenvalue weighted by Gasteiger charge is -2.30. The van der Waals surface area contributed by atoms with Crippen molar-refractivity contribution >= 4 is 52.1 Å². The van der Waals surface area contributed by atoms with E-state index in [-0.39, 0.29) is 40.4 Å². The van der Waals surface area contributed by atoms with Crippen molar-refractivity contribution < 1.29 is 24.2 Å². The zero-order valence-electron chi connectivity index (χ0n) is 30.7. The SMILES string of the molecule is CCC(C)(C)c1ccc(OCCCCNC(=O)c2cc(SCCC(=O)Nc3ccc(NNC=O)cc3)c3ccccc3c2O)c(C(C)(C)CC)c1. The molecule has 0 atom stereocenters. The summed E-state index contributed by atoms with van der Waals surface area (Å²) in [6.07, 6.45) is 4.32. The van der Waals surface area contributed by atoms with Gasteiger partial charge < -0.3 is 20.5 Å². The van der Waals surface area contributed by atoms with Gasteiger partial charge in [0.1, 0.15) is 11.5 Å². The average molecular weight is 713 g/mol. The first kappa shape index (κ1) is 39.1. The van der Waals surface area contributed by atoms with Crippen LogP contribution in [-0.2, 0) is 20.4 Å². The third-order valence-corrected chi connectivity index (χ3v) is 10.7. The van der Waals surface area contributed by atoms with Crippen LogP contribution in [-0.4, -0.2) is 42.2 Å². The van der Waals surface area contributed by atoms with Crippen molar-refractivity contribution in [3.63, 3.8) is 0 Å². The number of thioether (sulfide) groups is 1. The molecular weight excluding hydrogens is 661 g/mol. The maximum atomic E-state index is 13.3. The van der Waals surface area contributed by atoms with Crippen LogP contribution in [0.25, 0.3) is 10.8 Å². The Morgan fingerprint density at radius 2 is 1.55 bits per heavy atom. The van der Waals surface area contributed by atoms with Crippen molar-refractivity contribution in [1.82, 2.24) is 10.7 Å². The minimum absolute atomic E-state index is 0.0168. The van der Waals surface area contributed by atoms with Gasteiger partial charge in [-0.25, -0.2) is 0 Å². The molecule has 0 aliphatic heterocycles. The highest BCUT2D eigenvalue weighted by atomic mass is 32.2. The highest BCUT2D eigenvalue weighted by molar-refractivity contribution is 7.99. The van der Waals surface area contributed by atoms with Gasteiger partial charge >= 0.3 is 0 Å². The van der Waals surface area contributed by atoms with Crippen LogP contribution in [0, 0.1) is 0 Å². The van der Waals surface area contributed by atoms with Crippen LogP contribution in [0.1, 0.15) is 95.1 Å². The van der Waals surface area contributed by atoms with Gasteiger partial charge in [-0.1, -0.05) is 77.9 Å². The number of unbranched alkanes of at least 4 members (excludes halogenated alkanes) is 1. The lowest BCUT2D eigenvalue weighted by molar-refractivity contribution is -0.115. The fraction of sp³-hybridized carbons (Fsp3) is 0.390. The maximum Gasteiger partial charge on any atom is 0.255 e. The molecule has 9 nitrogen and oxygen atoms in total. The molecule has 0 aliphatic rings. The topological polar surface area (TPSA) is 129 Å². The van der Waals surface area contributed by atoms with Gasteiger partial charge in [0.2, 0.25) is 12.3 Å². The molecular formula is C41H52N4O5S. The van der Waals surface area contributed by atoms with Gasteiger partial charge in [-0.15, -0.1) is 11.8 Å². The standard InChI is InChI=1S/C41H52N4O5S/c1-7-40(3,4)28-15-20-35(34(25-28)41(5,6)8-2)50-23-12-11-22-42-39(49)33-26-36(31-13-9-10-14-32(31)38(33)48)51-24-21-37(47)44-29-16-18-30(19-17-29)45-43-27-46/h9-10,13-20,25-27,45,48H,7-8,11-12,21-24H2,1-6H3,(H,42,49)(H,43,46)(H,44,47). The number of anilines is 2. The number of carbonyl (C=O) groups excluding carboxylic acids is 3. The quantitative estimate of drug-likeness (QED) is 0.0285. The van der Waals surface area contributed by atoms with Gasteiger partial charge in [0.25, 0.3) is 5.91 Å². The molecule has 0 heterocycles. The Morgan fingerprint density at radius 3 is 2.24 bits per heavy atom. The molecule has 51 heavy (non-hydrogen) atoms. The lowest BCUT2D eigenvalue weighted by Crippen LogP contribution is -2.25. The van der Waals surface area contributed by atoms with E-state index in [1.165, 1.54) is 22.9 Å². The molecule has 5 N–H and O–H groups in total. The predicted molar refractivity (Wildman–Crippen MR) is 209 cm³/mol. The number of nitrogens with one attached hydrogen (secondary N) is 4. The first-order valence-corrected chi connectivity index (χ1v) is 18.7. The maximum absolute atomic E-state index is 13.3. The van der Waals surface area contributed by atoms with Gasteiger partial charge in [-0.05, 0) is 83.9 Å². The van der Waals surface area contributed by atoms with Crippen molar-refractivity contribution in [2.24, 2.45) is 0 Å². The fourth-order valence-corrected chi connectivity index (χ4v) is 6.59. The number of phenolic OH excluding ortho intramolecular Hbond substituents is 1. The average Bonchev–Trinajstić information content (AvgIpc) is 3.13. The summed E-state index contributed by atoms with van der Waals surface area (Å²) < 4.78 is 6.31. The molecule has 0 saturated carbocycles. The van der Waals surface area contributed by atoms with Crippen LogP contribution < -0.4 is 26.2 Å². The van der Waals surface area contributed by atoms with Crippen molar-refractivity contribution in [3.05, 3.63) is 89.5 Å². The van der Waals surface area contributed by atoms with E-state index < -0.39 is 0 Å². The van der Waals surface area contributed by atoms with Crippen LogP contribution in [0.5, 0.6) is 11.5 Å². The monoisotopic (exact) mass is 712 g/mol. The lowest BCUT2D eigenvalue weighted by atomic mass is 9.76. The Hall–Kier alpha value is -4.70. The molecule has 4 rings (SSSR count). The van der Waals surface area contributed by atoms with E-state index in [0.29, 0.717) is 42.1 Å². The van der Waals surface area contributed by atoms with Crippen LogP contribution in [0.2, 0.25) is 0 Å². The highest BCUT2D eigenvalue weighted by Gasteiger charge is 2.26. The second-order valence-electron chi connectivity index (χ2n) is 13.9. The molecule has 0 aromatic heterocycles. The number of phenols is 1. The van der Waals surface area contributed by atoms with E-state index in [4.69, 9.17) is 4.74 Å². The summed E-state index contributed by atoms with van der Waals surface area (Å²) in [4.78, 5) is 37.2. The smallest absolute Gasteiger partial charge is 0.255 e. The van der Waals surface area contributed by atoms with Crippen molar-refractivity contribution in [2.45, 2.75) is 89.4 Å². The summed E-state index contributed by atoms with van der Waals surface area (Å²) in [5.74, 6) is 0.834. The third kappa shape index (κ3) is 10.4. The minimum atomic E-state index is -0.346. The van der Waals surface area contributed by atoms with Gasteiger partial charge in [0.15, 0.2) is 0 Å². The number of hydrogen-bond donors (Lipinski definition) is 5. The predicted octanol–water partition coefficient (Wildman–Crippen LogP) is 8.70. The van der Waals surface area contributed by atoms with Crippen LogP contribution in [0.3, 0.4) is 0 Å². The Labute approximate surface area is 306 Å². The number of ether oxygens (including phenoxy) is 1. The van der Waals surface area contributed by atoms with E-state index >= 15 is 0 Å².